The number of rotatable bonds is 7. The van der Waals surface area contributed by atoms with Crippen LogP contribution in [0.3, 0.4) is 0 Å². The van der Waals surface area contributed by atoms with Crippen LogP contribution in [0.5, 0.6) is 0 Å². The van der Waals surface area contributed by atoms with Crippen LogP contribution in [0.1, 0.15) is 30.0 Å². The van der Waals surface area contributed by atoms with Crippen LogP contribution in [0.25, 0.3) is 5.57 Å². The fourth-order valence-electron chi connectivity index (χ4n) is 2.76. The Labute approximate surface area is 168 Å². The van der Waals surface area contributed by atoms with Gasteiger partial charge in [-0.25, -0.2) is 17.6 Å². The number of hydrogen-bond acceptors (Lipinski definition) is 5. The topological polar surface area (TPSA) is 97.7 Å². The second-order valence-corrected chi connectivity index (χ2v) is 8.42. The molecule has 2 rings (SSSR count). The zero-order chi connectivity index (χ0) is 21.8. The Morgan fingerprint density at radius 2 is 1.66 bits per heavy atom. The summed E-state index contributed by atoms with van der Waals surface area (Å²) in [6.07, 6.45) is 0.417. The van der Waals surface area contributed by atoms with Crippen molar-refractivity contribution in [3.63, 3.8) is 0 Å². The van der Waals surface area contributed by atoms with Gasteiger partial charge in [0.1, 0.15) is 5.82 Å². The molecule has 0 unspecified atom stereocenters. The summed E-state index contributed by atoms with van der Waals surface area (Å²) in [7, 11) is -3.45. The summed E-state index contributed by atoms with van der Waals surface area (Å²) in [5.74, 6) is -2.62. The number of halogens is 1. The number of hydrogen-bond donors (Lipinski definition) is 1. The summed E-state index contributed by atoms with van der Waals surface area (Å²) >= 11 is 0. The minimum absolute atomic E-state index is 0.0322. The van der Waals surface area contributed by atoms with Crippen molar-refractivity contribution in [3.8, 4) is 0 Å². The predicted molar refractivity (Wildman–Crippen MR) is 106 cm³/mol. The molecule has 0 radical (unpaired) electrons. The molecule has 0 heterocycles. The molecule has 0 saturated heterocycles. The van der Waals surface area contributed by atoms with Crippen LogP contribution < -0.4 is 0 Å². The SMILES string of the molecule is CCOC(=O)C(CC(=O)O)=C(c1ccc(S(C)(=O)=O)cc1)c1ccc(C)c(F)c1. The summed E-state index contributed by atoms with van der Waals surface area (Å²) in [4.78, 5) is 24.0. The molecule has 2 aromatic rings. The highest BCUT2D eigenvalue weighted by Gasteiger charge is 2.23. The number of benzene rings is 2. The number of carboxylic acid groups (broad SMARTS) is 1. The Hall–Kier alpha value is -3.00. The summed E-state index contributed by atoms with van der Waals surface area (Å²) in [6.45, 7) is 3.19. The highest BCUT2D eigenvalue weighted by atomic mass is 32.2. The van der Waals surface area contributed by atoms with E-state index < -0.39 is 34.0 Å². The lowest BCUT2D eigenvalue weighted by molar-refractivity contribution is -0.142. The smallest absolute Gasteiger partial charge is 0.335 e. The second kappa shape index (κ2) is 9.00. The number of carbonyl (C=O) groups is 2. The fraction of sp³-hybridized carbons (Fsp3) is 0.238. The summed E-state index contributed by atoms with van der Waals surface area (Å²) in [6, 6.07) is 9.88. The Morgan fingerprint density at radius 3 is 2.14 bits per heavy atom. The molecule has 154 valence electrons. The third-order valence-electron chi connectivity index (χ3n) is 4.18. The van der Waals surface area contributed by atoms with E-state index in [1.165, 1.54) is 36.4 Å². The van der Waals surface area contributed by atoms with Gasteiger partial charge < -0.3 is 9.84 Å². The number of aliphatic carboxylic acids is 1. The summed E-state index contributed by atoms with van der Waals surface area (Å²) in [5.41, 5.74) is 1.05. The molecule has 2 aromatic carbocycles. The van der Waals surface area contributed by atoms with Crippen molar-refractivity contribution in [2.24, 2.45) is 0 Å². The number of carbonyl (C=O) groups excluding carboxylic acids is 1. The molecular formula is C21H21FO6S. The highest BCUT2D eigenvalue weighted by Crippen LogP contribution is 2.31. The van der Waals surface area contributed by atoms with E-state index in [1.807, 2.05) is 0 Å². The molecule has 0 aliphatic carbocycles. The van der Waals surface area contributed by atoms with Crippen molar-refractivity contribution in [1.82, 2.24) is 0 Å². The number of carboxylic acids is 1. The van der Waals surface area contributed by atoms with E-state index in [4.69, 9.17) is 4.74 Å². The molecule has 0 aliphatic rings. The Balaban J connectivity index is 2.80. The maximum atomic E-state index is 14.2. The van der Waals surface area contributed by atoms with Crippen molar-refractivity contribution >= 4 is 27.3 Å². The summed E-state index contributed by atoms with van der Waals surface area (Å²) in [5, 5.41) is 9.30. The lowest BCUT2D eigenvalue weighted by atomic mass is 9.91. The van der Waals surface area contributed by atoms with Gasteiger partial charge in [0.2, 0.25) is 0 Å². The number of aryl methyl sites for hydroxylation is 1. The first-order valence-corrected chi connectivity index (χ1v) is 10.6. The first-order chi connectivity index (χ1) is 13.5. The van der Waals surface area contributed by atoms with Crippen molar-refractivity contribution in [1.29, 1.82) is 0 Å². The van der Waals surface area contributed by atoms with Crippen molar-refractivity contribution in [3.05, 3.63) is 70.5 Å². The zero-order valence-corrected chi connectivity index (χ0v) is 17.0. The Morgan fingerprint density at radius 1 is 1.07 bits per heavy atom. The average molecular weight is 420 g/mol. The first-order valence-electron chi connectivity index (χ1n) is 8.73. The fourth-order valence-corrected chi connectivity index (χ4v) is 3.39. The molecule has 0 saturated carbocycles. The van der Waals surface area contributed by atoms with Gasteiger partial charge in [0.25, 0.3) is 0 Å². The maximum absolute atomic E-state index is 14.2. The minimum atomic E-state index is -3.45. The summed E-state index contributed by atoms with van der Waals surface area (Å²) < 4.78 is 42.7. The molecule has 0 aliphatic heterocycles. The third kappa shape index (κ3) is 5.51. The number of sulfone groups is 1. The van der Waals surface area contributed by atoms with Gasteiger partial charge in [-0.3, -0.25) is 4.79 Å². The third-order valence-corrected chi connectivity index (χ3v) is 5.31. The van der Waals surface area contributed by atoms with Gasteiger partial charge in [-0.15, -0.1) is 0 Å². The number of ether oxygens (including phenoxy) is 1. The van der Waals surface area contributed by atoms with Crippen LogP contribution in [0, 0.1) is 12.7 Å². The van der Waals surface area contributed by atoms with Crippen LogP contribution in [-0.2, 0) is 24.2 Å². The Bertz CT molecular complexity index is 1070. The van der Waals surface area contributed by atoms with Crippen LogP contribution in [0.15, 0.2) is 52.9 Å². The van der Waals surface area contributed by atoms with Crippen LogP contribution in [0.4, 0.5) is 4.39 Å². The van der Waals surface area contributed by atoms with Crippen LogP contribution >= 0.6 is 0 Å². The van der Waals surface area contributed by atoms with E-state index >= 15 is 0 Å². The van der Waals surface area contributed by atoms with E-state index in [0.717, 1.165) is 6.26 Å². The zero-order valence-electron chi connectivity index (χ0n) is 16.2. The standard InChI is InChI=1S/C21H21FO6S/c1-4-28-21(25)17(12-19(23)24)20(15-6-5-13(2)18(22)11-15)14-7-9-16(10-8-14)29(3,26)27/h5-11H,4,12H2,1-3H3,(H,23,24). The minimum Gasteiger partial charge on any atom is -0.481 e. The van der Waals surface area contributed by atoms with Gasteiger partial charge in [-0.2, -0.15) is 0 Å². The van der Waals surface area contributed by atoms with Crippen molar-refractivity contribution in [2.75, 3.05) is 12.9 Å². The molecule has 0 bridgehead atoms. The van der Waals surface area contributed by atoms with E-state index in [1.54, 1.807) is 19.9 Å². The molecule has 0 fully saturated rings. The van der Waals surface area contributed by atoms with E-state index in [9.17, 15) is 27.5 Å². The average Bonchev–Trinajstić information content (AvgIpc) is 2.63. The van der Waals surface area contributed by atoms with Gasteiger partial charge >= 0.3 is 11.9 Å². The Kier molecular flexibility index (Phi) is 6.92. The van der Waals surface area contributed by atoms with Gasteiger partial charge in [-0.1, -0.05) is 24.3 Å². The lowest BCUT2D eigenvalue weighted by Gasteiger charge is -2.16. The molecule has 0 amide bonds. The quantitative estimate of drug-likeness (QED) is 0.545. The molecule has 0 aromatic heterocycles. The largest absolute Gasteiger partial charge is 0.481 e. The first kappa shape index (κ1) is 22.3. The molecule has 0 atom stereocenters. The molecule has 6 nitrogen and oxygen atoms in total. The molecule has 1 N–H and O–H groups in total. The van der Waals surface area contributed by atoms with Gasteiger partial charge in [0, 0.05) is 11.8 Å². The second-order valence-electron chi connectivity index (χ2n) is 6.41. The molecule has 0 spiro atoms. The van der Waals surface area contributed by atoms with Crippen LogP contribution in [0.2, 0.25) is 0 Å². The predicted octanol–water partition coefficient (Wildman–Crippen LogP) is 3.38. The lowest BCUT2D eigenvalue weighted by Crippen LogP contribution is -2.14. The normalized spacial score (nSPS) is 12.3. The molecular weight excluding hydrogens is 399 g/mol. The number of esters is 1. The molecule has 8 heteroatoms. The van der Waals surface area contributed by atoms with E-state index in [0.29, 0.717) is 11.1 Å². The maximum Gasteiger partial charge on any atom is 0.335 e. The highest BCUT2D eigenvalue weighted by molar-refractivity contribution is 7.90. The monoisotopic (exact) mass is 420 g/mol. The van der Waals surface area contributed by atoms with E-state index in [-0.39, 0.29) is 28.2 Å². The molecule has 29 heavy (non-hydrogen) atoms. The van der Waals surface area contributed by atoms with Crippen molar-refractivity contribution in [2.45, 2.75) is 25.2 Å². The van der Waals surface area contributed by atoms with Gasteiger partial charge in [0.15, 0.2) is 9.84 Å². The van der Waals surface area contributed by atoms with Crippen LogP contribution in [-0.4, -0.2) is 38.3 Å². The van der Waals surface area contributed by atoms with Gasteiger partial charge in [0.05, 0.1) is 23.5 Å². The van der Waals surface area contributed by atoms with E-state index in [2.05, 4.69) is 0 Å². The van der Waals surface area contributed by atoms with Gasteiger partial charge in [-0.05, 0) is 48.7 Å². The van der Waals surface area contributed by atoms with Crippen molar-refractivity contribution < 1.29 is 32.2 Å².